The number of carbonyl (C=O) groups excluding carboxylic acids is 1. The van der Waals surface area contributed by atoms with Crippen molar-refractivity contribution in [3.8, 4) is 0 Å². The standard InChI is InChI=1S/2CH2O2.H3N.Na/c2*2-1-3;;/h2*1H,(H,2,3);1H3;/q;;;+1/p-1. The van der Waals surface area contributed by atoms with Crippen LogP contribution in [0.5, 0.6) is 0 Å². The van der Waals surface area contributed by atoms with Gasteiger partial charge in [-0.15, -0.1) is 0 Å². The molecule has 0 aromatic heterocycles. The van der Waals surface area contributed by atoms with Gasteiger partial charge >= 0.3 is 29.6 Å². The molecule has 0 aliphatic rings. The SMILES string of the molecule is N.O=CO.O=C[O-].[Na+]. The zero-order valence-electron chi connectivity index (χ0n) is 4.53. The van der Waals surface area contributed by atoms with Gasteiger partial charge in [-0.3, -0.25) is 4.79 Å². The Kier molecular flexibility index (Phi) is 206. The van der Waals surface area contributed by atoms with E-state index in [0.717, 1.165) is 0 Å². The average molecular weight is 131 g/mol. The van der Waals surface area contributed by atoms with Crippen molar-refractivity contribution in [3.63, 3.8) is 0 Å². The summed E-state index contributed by atoms with van der Waals surface area (Å²) in [5, 5.41) is 15.1. The fourth-order valence-corrected chi connectivity index (χ4v) is 0. The monoisotopic (exact) mass is 131 g/mol. The fraction of sp³-hybridized carbons (Fsp3) is 0. The molecule has 6 heteroatoms. The molecule has 0 amide bonds. The van der Waals surface area contributed by atoms with Gasteiger partial charge in [0.05, 0.1) is 0 Å². The van der Waals surface area contributed by atoms with Gasteiger partial charge in [0.15, 0.2) is 0 Å². The normalized spacial score (nSPS) is 3.00. The maximum atomic E-state index is 8.36. The van der Waals surface area contributed by atoms with Gasteiger partial charge in [0.25, 0.3) is 6.47 Å². The summed E-state index contributed by atoms with van der Waals surface area (Å²) in [4.78, 5) is 16.6. The molecule has 44 valence electrons. The predicted molar refractivity (Wildman–Crippen MR) is 19.8 cm³/mol. The third-order valence-electron chi connectivity index (χ3n) is 0. The summed E-state index contributed by atoms with van der Waals surface area (Å²) in [6.07, 6.45) is 0. The Morgan fingerprint density at radius 2 is 1.38 bits per heavy atom. The summed E-state index contributed by atoms with van der Waals surface area (Å²) < 4.78 is 0. The molecule has 8 heavy (non-hydrogen) atoms. The van der Waals surface area contributed by atoms with E-state index in [2.05, 4.69) is 0 Å². The van der Waals surface area contributed by atoms with Gasteiger partial charge in [0.2, 0.25) is 0 Å². The van der Waals surface area contributed by atoms with Crippen LogP contribution in [0, 0.1) is 0 Å². The van der Waals surface area contributed by atoms with Crippen LogP contribution in [0.3, 0.4) is 0 Å². The van der Waals surface area contributed by atoms with Crippen molar-refractivity contribution in [1.29, 1.82) is 0 Å². The van der Waals surface area contributed by atoms with Crippen molar-refractivity contribution >= 4 is 12.9 Å². The number of carboxylic acid groups (broad SMARTS) is 2. The molecule has 5 nitrogen and oxygen atoms in total. The van der Waals surface area contributed by atoms with Crippen molar-refractivity contribution in [3.05, 3.63) is 0 Å². The third-order valence-corrected chi connectivity index (χ3v) is 0. The minimum absolute atomic E-state index is 0. The van der Waals surface area contributed by atoms with Crippen LogP contribution in [0.1, 0.15) is 0 Å². The van der Waals surface area contributed by atoms with E-state index >= 15 is 0 Å². The summed E-state index contributed by atoms with van der Waals surface area (Å²) >= 11 is 0. The molecule has 0 saturated carbocycles. The van der Waals surface area contributed by atoms with E-state index in [0.29, 0.717) is 0 Å². The van der Waals surface area contributed by atoms with Crippen molar-refractivity contribution in [2.45, 2.75) is 0 Å². The van der Waals surface area contributed by atoms with Crippen LogP contribution < -0.4 is 40.8 Å². The molecule has 0 spiro atoms. The molecular weight excluding hydrogens is 125 g/mol. The molecule has 0 unspecified atom stereocenters. The van der Waals surface area contributed by atoms with E-state index in [1.165, 1.54) is 0 Å². The summed E-state index contributed by atoms with van der Waals surface area (Å²) in [6, 6.07) is 0. The Labute approximate surface area is 68.6 Å². The first-order valence-corrected chi connectivity index (χ1v) is 0.965. The molecule has 0 heterocycles. The van der Waals surface area contributed by atoms with E-state index in [1.807, 2.05) is 0 Å². The average Bonchev–Trinajstić information content (AvgIpc) is 1.39. The molecule has 0 aliphatic carbocycles. The van der Waals surface area contributed by atoms with E-state index < -0.39 is 6.47 Å². The van der Waals surface area contributed by atoms with Crippen molar-refractivity contribution < 1.29 is 49.4 Å². The molecule has 0 aromatic carbocycles. The van der Waals surface area contributed by atoms with Crippen LogP contribution in [0.4, 0.5) is 0 Å². The summed E-state index contributed by atoms with van der Waals surface area (Å²) in [5.74, 6) is 0. The van der Waals surface area contributed by atoms with Crippen molar-refractivity contribution in [1.82, 2.24) is 6.15 Å². The van der Waals surface area contributed by atoms with Gasteiger partial charge in [0.1, 0.15) is 0 Å². The summed E-state index contributed by atoms with van der Waals surface area (Å²) in [5.41, 5.74) is 0. The maximum Gasteiger partial charge on any atom is 1.00 e. The van der Waals surface area contributed by atoms with Crippen LogP contribution in [-0.2, 0) is 9.59 Å². The summed E-state index contributed by atoms with van der Waals surface area (Å²) in [7, 11) is 0. The van der Waals surface area contributed by atoms with Crippen LogP contribution in [0.2, 0.25) is 0 Å². The molecular formula is C2H6NNaO4. The van der Waals surface area contributed by atoms with Crippen LogP contribution >= 0.6 is 0 Å². The zero-order valence-corrected chi connectivity index (χ0v) is 6.53. The van der Waals surface area contributed by atoms with E-state index in [1.54, 1.807) is 0 Å². The Morgan fingerprint density at radius 3 is 1.38 bits per heavy atom. The second-order valence-corrected chi connectivity index (χ2v) is 0.202. The number of hydrogen-bond donors (Lipinski definition) is 2. The molecule has 0 atom stereocenters. The third kappa shape index (κ3) is 14200. The zero-order chi connectivity index (χ0) is 5.41. The molecule has 0 aromatic rings. The second kappa shape index (κ2) is 66.5. The second-order valence-electron chi connectivity index (χ2n) is 0.202. The largest absolute Gasteiger partial charge is 1.00 e. The van der Waals surface area contributed by atoms with Gasteiger partial charge < -0.3 is 21.2 Å². The molecule has 0 fully saturated rings. The summed E-state index contributed by atoms with van der Waals surface area (Å²) in [6.45, 7) is -0.750. The van der Waals surface area contributed by atoms with E-state index in [9.17, 15) is 0 Å². The van der Waals surface area contributed by atoms with E-state index in [4.69, 9.17) is 19.8 Å². The predicted octanol–water partition coefficient (Wildman–Crippen LogP) is -4.77. The molecule has 0 saturated heterocycles. The molecule has 0 radical (unpaired) electrons. The first-order valence-electron chi connectivity index (χ1n) is 0.965. The Hall–Kier alpha value is -0.100. The number of hydrogen-bond acceptors (Lipinski definition) is 4. The van der Waals surface area contributed by atoms with Gasteiger partial charge in [-0.1, -0.05) is 0 Å². The van der Waals surface area contributed by atoms with E-state index in [-0.39, 0.29) is 42.2 Å². The smallest absolute Gasteiger partial charge is 0.554 e. The first kappa shape index (κ1) is 24.7. The fourth-order valence-electron chi connectivity index (χ4n) is 0. The molecule has 0 bridgehead atoms. The van der Waals surface area contributed by atoms with Crippen molar-refractivity contribution in [2.24, 2.45) is 0 Å². The Morgan fingerprint density at radius 1 is 1.38 bits per heavy atom. The number of rotatable bonds is 0. The first-order chi connectivity index (χ1) is 2.83. The minimum Gasteiger partial charge on any atom is -0.554 e. The molecule has 0 rings (SSSR count). The quantitative estimate of drug-likeness (QED) is 0.253. The molecule has 0 aliphatic heterocycles. The van der Waals surface area contributed by atoms with Gasteiger partial charge in [0, 0.05) is 6.47 Å². The molecule has 4 N–H and O–H groups in total. The van der Waals surface area contributed by atoms with Gasteiger partial charge in [-0.2, -0.15) is 0 Å². The van der Waals surface area contributed by atoms with Crippen LogP contribution in [0.25, 0.3) is 0 Å². The topological polar surface area (TPSA) is 112 Å². The van der Waals surface area contributed by atoms with Crippen LogP contribution in [-0.4, -0.2) is 18.1 Å². The maximum absolute atomic E-state index is 8.36. The Balaban J connectivity index is -0.0000000160. The van der Waals surface area contributed by atoms with Crippen LogP contribution in [0.15, 0.2) is 0 Å². The number of carbonyl (C=O) groups is 2. The van der Waals surface area contributed by atoms with Gasteiger partial charge in [-0.05, 0) is 0 Å². The van der Waals surface area contributed by atoms with Crippen molar-refractivity contribution in [2.75, 3.05) is 0 Å². The minimum atomic E-state index is -0.500. The van der Waals surface area contributed by atoms with Gasteiger partial charge in [-0.25, -0.2) is 0 Å². The Bertz CT molecular complexity index is 35.0.